The molecule has 1 aliphatic heterocycles. The van der Waals surface area contributed by atoms with Crippen molar-refractivity contribution in [2.24, 2.45) is 0 Å². The Labute approximate surface area is 74.7 Å². The van der Waals surface area contributed by atoms with Crippen molar-refractivity contribution in [1.82, 2.24) is 4.90 Å². The third-order valence-electron chi connectivity index (χ3n) is 1.89. The molecule has 1 rings (SSSR count). The first-order chi connectivity index (χ1) is 5.61. The number of methoxy groups -OCH3 is 1. The second-order valence-corrected chi connectivity index (χ2v) is 3.38. The SMILES string of the molecule is CC(C)N1CCC(F)C1.COC. The topological polar surface area (TPSA) is 12.5 Å². The van der Waals surface area contributed by atoms with Gasteiger partial charge in [0.1, 0.15) is 6.17 Å². The van der Waals surface area contributed by atoms with Crippen LogP contribution in [0, 0.1) is 0 Å². The summed E-state index contributed by atoms with van der Waals surface area (Å²) in [7, 11) is 3.25. The largest absolute Gasteiger partial charge is 0.388 e. The quantitative estimate of drug-likeness (QED) is 0.604. The molecule has 0 aliphatic carbocycles. The fourth-order valence-corrected chi connectivity index (χ4v) is 1.21. The zero-order valence-corrected chi connectivity index (χ0v) is 8.51. The Kier molecular flexibility index (Phi) is 6.30. The lowest BCUT2D eigenvalue weighted by molar-refractivity contribution is 0.246. The summed E-state index contributed by atoms with van der Waals surface area (Å²) in [4.78, 5) is 2.17. The van der Waals surface area contributed by atoms with E-state index < -0.39 is 6.17 Å². The second-order valence-electron chi connectivity index (χ2n) is 3.38. The summed E-state index contributed by atoms with van der Waals surface area (Å²) in [6, 6.07) is 0.519. The van der Waals surface area contributed by atoms with Crippen LogP contribution < -0.4 is 0 Å². The molecule has 0 bridgehead atoms. The van der Waals surface area contributed by atoms with Gasteiger partial charge in [0.25, 0.3) is 0 Å². The van der Waals surface area contributed by atoms with Crippen molar-refractivity contribution in [2.45, 2.75) is 32.5 Å². The van der Waals surface area contributed by atoms with Gasteiger partial charge in [-0.05, 0) is 20.3 Å². The Balaban J connectivity index is 0.000000354. The van der Waals surface area contributed by atoms with Gasteiger partial charge in [-0.25, -0.2) is 4.39 Å². The summed E-state index contributed by atoms with van der Waals surface area (Å²) in [6.45, 7) is 5.81. The zero-order valence-electron chi connectivity index (χ0n) is 8.51. The third kappa shape index (κ3) is 4.67. The van der Waals surface area contributed by atoms with Gasteiger partial charge >= 0.3 is 0 Å². The molecule has 1 aliphatic rings. The van der Waals surface area contributed by atoms with Gasteiger partial charge in [-0.1, -0.05) is 0 Å². The van der Waals surface area contributed by atoms with Crippen molar-refractivity contribution in [3.8, 4) is 0 Å². The van der Waals surface area contributed by atoms with Gasteiger partial charge in [0.15, 0.2) is 0 Å². The summed E-state index contributed by atoms with van der Waals surface area (Å²) < 4.78 is 16.7. The minimum atomic E-state index is -0.563. The molecule has 1 heterocycles. The van der Waals surface area contributed by atoms with Crippen molar-refractivity contribution in [1.29, 1.82) is 0 Å². The molecule has 0 N–H and O–H groups in total. The molecule has 0 amide bonds. The molecule has 0 saturated carbocycles. The van der Waals surface area contributed by atoms with Crippen molar-refractivity contribution in [3.05, 3.63) is 0 Å². The maximum atomic E-state index is 12.5. The van der Waals surface area contributed by atoms with E-state index in [1.165, 1.54) is 0 Å². The van der Waals surface area contributed by atoms with E-state index in [-0.39, 0.29) is 0 Å². The molecule has 74 valence electrons. The maximum Gasteiger partial charge on any atom is 0.114 e. The number of halogens is 1. The normalized spacial score (nSPS) is 24.0. The van der Waals surface area contributed by atoms with Crippen LogP contribution in [-0.2, 0) is 4.74 Å². The molecule has 0 aromatic carbocycles. The average molecular weight is 177 g/mol. The van der Waals surface area contributed by atoms with Crippen LogP contribution in [-0.4, -0.2) is 44.4 Å². The first-order valence-corrected chi connectivity index (χ1v) is 4.40. The van der Waals surface area contributed by atoms with E-state index in [2.05, 4.69) is 23.5 Å². The molecule has 0 aromatic rings. The molecule has 2 nitrogen and oxygen atoms in total. The molecule has 1 atom stereocenters. The van der Waals surface area contributed by atoms with Crippen LogP contribution in [0.1, 0.15) is 20.3 Å². The van der Waals surface area contributed by atoms with Gasteiger partial charge in [-0.2, -0.15) is 0 Å². The number of hydrogen-bond donors (Lipinski definition) is 0. The Bertz CT molecular complexity index is 109. The highest BCUT2D eigenvalue weighted by Crippen LogP contribution is 2.14. The zero-order chi connectivity index (χ0) is 9.56. The molecule has 0 spiro atoms. The van der Waals surface area contributed by atoms with E-state index in [4.69, 9.17) is 0 Å². The van der Waals surface area contributed by atoms with Crippen LogP contribution >= 0.6 is 0 Å². The molecular weight excluding hydrogens is 157 g/mol. The maximum absolute atomic E-state index is 12.5. The van der Waals surface area contributed by atoms with E-state index in [0.29, 0.717) is 12.6 Å². The van der Waals surface area contributed by atoms with Gasteiger partial charge in [-0.15, -0.1) is 0 Å². The van der Waals surface area contributed by atoms with Gasteiger partial charge < -0.3 is 4.74 Å². The van der Waals surface area contributed by atoms with Crippen LogP contribution in [0.4, 0.5) is 4.39 Å². The summed E-state index contributed by atoms with van der Waals surface area (Å²) in [5.74, 6) is 0. The smallest absolute Gasteiger partial charge is 0.114 e. The van der Waals surface area contributed by atoms with E-state index in [9.17, 15) is 4.39 Å². The highest BCUT2D eigenvalue weighted by molar-refractivity contribution is 4.76. The monoisotopic (exact) mass is 177 g/mol. The predicted molar refractivity (Wildman–Crippen MR) is 49.2 cm³/mol. The first-order valence-electron chi connectivity index (χ1n) is 4.40. The minimum absolute atomic E-state index is 0.519. The molecule has 1 unspecified atom stereocenters. The van der Waals surface area contributed by atoms with Crippen LogP contribution in [0.5, 0.6) is 0 Å². The van der Waals surface area contributed by atoms with E-state index >= 15 is 0 Å². The average Bonchev–Trinajstić information content (AvgIpc) is 2.37. The first kappa shape index (κ1) is 11.8. The van der Waals surface area contributed by atoms with Crippen molar-refractivity contribution < 1.29 is 9.13 Å². The minimum Gasteiger partial charge on any atom is -0.388 e. The van der Waals surface area contributed by atoms with E-state index in [1.54, 1.807) is 14.2 Å². The van der Waals surface area contributed by atoms with Gasteiger partial charge in [-0.3, -0.25) is 4.90 Å². The van der Waals surface area contributed by atoms with Crippen LogP contribution in [0.2, 0.25) is 0 Å². The van der Waals surface area contributed by atoms with Gasteiger partial charge in [0.05, 0.1) is 0 Å². The van der Waals surface area contributed by atoms with Crippen molar-refractivity contribution in [3.63, 3.8) is 0 Å². The number of hydrogen-bond acceptors (Lipinski definition) is 2. The van der Waals surface area contributed by atoms with Crippen LogP contribution in [0.25, 0.3) is 0 Å². The van der Waals surface area contributed by atoms with Crippen molar-refractivity contribution in [2.75, 3.05) is 27.3 Å². The van der Waals surface area contributed by atoms with E-state index in [0.717, 1.165) is 13.0 Å². The molecule has 0 radical (unpaired) electrons. The molecule has 1 saturated heterocycles. The Hall–Kier alpha value is -0.150. The molecular formula is C9H20FNO. The Morgan fingerprint density at radius 3 is 2.08 bits per heavy atom. The highest BCUT2D eigenvalue weighted by atomic mass is 19.1. The molecule has 1 fully saturated rings. The molecule has 3 heteroatoms. The third-order valence-corrected chi connectivity index (χ3v) is 1.89. The van der Waals surface area contributed by atoms with Gasteiger partial charge in [0.2, 0.25) is 0 Å². The summed E-state index contributed by atoms with van der Waals surface area (Å²) in [6.07, 6.45) is 0.172. The van der Waals surface area contributed by atoms with Crippen LogP contribution in [0.15, 0.2) is 0 Å². The summed E-state index contributed by atoms with van der Waals surface area (Å²) >= 11 is 0. The Morgan fingerprint density at radius 1 is 1.42 bits per heavy atom. The lowest BCUT2D eigenvalue weighted by atomic mass is 10.3. The summed E-state index contributed by atoms with van der Waals surface area (Å²) in [5.41, 5.74) is 0. The lowest BCUT2D eigenvalue weighted by Crippen LogP contribution is -2.28. The number of likely N-dealkylation sites (tertiary alicyclic amines) is 1. The predicted octanol–water partition coefficient (Wildman–Crippen LogP) is 1.70. The fourth-order valence-electron chi connectivity index (χ4n) is 1.21. The van der Waals surface area contributed by atoms with Gasteiger partial charge in [0, 0.05) is 33.4 Å². The lowest BCUT2D eigenvalue weighted by Gasteiger charge is -2.18. The van der Waals surface area contributed by atoms with E-state index in [1.807, 2.05) is 0 Å². The number of nitrogens with zero attached hydrogens (tertiary/aromatic N) is 1. The standard InChI is InChI=1S/C7H14FN.C2H6O/c1-6(2)9-4-3-7(8)5-9;1-3-2/h6-7H,3-5H2,1-2H3;1-2H3. The second kappa shape index (κ2) is 6.38. The van der Waals surface area contributed by atoms with Crippen molar-refractivity contribution >= 4 is 0 Å². The molecule has 12 heavy (non-hydrogen) atoms. The number of ether oxygens (including phenoxy) is 1. The molecule has 0 aromatic heterocycles. The number of rotatable bonds is 1. The fraction of sp³-hybridized carbons (Fsp3) is 1.00. The Morgan fingerprint density at radius 2 is 1.92 bits per heavy atom. The highest BCUT2D eigenvalue weighted by Gasteiger charge is 2.22. The summed E-state index contributed by atoms with van der Waals surface area (Å²) in [5, 5.41) is 0. The number of alkyl halides is 1. The van der Waals surface area contributed by atoms with Crippen LogP contribution in [0.3, 0.4) is 0 Å².